The number of hydrogen-bond donors (Lipinski definition) is 4. The van der Waals surface area contributed by atoms with Crippen molar-refractivity contribution in [3.8, 4) is 22.6 Å². The molecule has 0 fully saturated rings. The van der Waals surface area contributed by atoms with E-state index in [1.54, 1.807) is 0 Å². The van der Waals surface area contributed by atoms with Crippen molar-refractivity contribution in [2.75, 3.05) is 0 Å². The van der Waals surface area contributed by atoms with Crippen LogP contribution < -0.4 is 0 Å². The van der Waals surface area contributed by atoms with Crippen LogP contribution in [0.4, 0.5) is 0 Å². The quantitative estimate of drug-likeness (QED) is 0.128. The molecule has 6 aromatic carbocycles. The van der Waals surface area contributed by atoms with Crippen molar-refractivity contribution < 1.29 is 20.4 Å². The maximum absolute atomic E-state index is 12.9. The molecule has 254 valence electrons. The number of rotatable bonds is 7. The topological polar surface area (TPSA) is 80.9 Å². The standard InChI is InChI=1S/C46H46O4/c1-43(2,3)35-27-37(41(47)39(29-35)45(49,31-19-11-7-12-20-31)32-21-13-8-14-22-32)38-28-36(44(4,5)6)30-40(42(38)48)46(50,33-23-15-9-16-24-33)34-25-17-10-18-26-34/h7-30,47-50H,1-6H3. The largest absolute Gasteiger partial charge is 0.507 e. The van der Waals surface area contributed by atoms with Crippen molar-refractivity contribution in [2.24, 2.45) is 0 Å². The third kappa shape index (κ3) is 6.10. The van der Waals surface area contributed by atoms with E-state index in [1.165, 1.54) is 0 Å². The number of benzene rings is 6. The molecule has 50 heavy (non-hydrogen) atoms. The summed E-state index contributed by atoms with van der Waals surface area (Å²) in [4.78, 5) is 0. The molecule has 4 nitrogen and oxygen atoms in total. The second kappa shape index (κ2) is 12.9. The maximum Gasteiger partial charge on any atom is 0.144 e. The Kier molecular flexibility index (Phi) is 8.98. The number of hydrogen-bond acceptors (Lipinski definition) is 4. The summed E-state index contributed by atoms with van der Waals surface area (Å²) < 4.78 is 0. The molecule has 0 atom stereocenters. The highest BCUT2D eigenvalue weighted by molar-refractivity contribution is 5.82. The van der Waals surface area contributed by atoms with Gasteiger partial charge in [0.05, 0.1) is 0 Å². The van der Waals surface area contributed by atoms with E-state index in [4.69, 9.17) is 0 Å². The Labute approximate surface area is 296 Å². The van der Waals surface area contributed by atoms with Crippen molar-refractivity contribution in [2.45, 2.75) is 63.6 Å². The molecule has 0 aliphatic rings. The first-order valence-corrected chi connectivity index (χ1v) is 17.1. The van der Waals surface area contributed by atoms with Crippen LogP contribution in [-0.4, -0.2) is 20.4 Å². The van der Waals surface area contributed by atoms with Crippen LogP contribution in [0.1, 0.15) is 86.1 Å². The molecular weight excluding hydrogens is 617 g/mol. The van der Waals surface area contributed by atoms with Gasteiger partial charge in [-0.25, -0.2) is 0 Å². The van der Waals surface area contributed by atoms with Crippen molar-refractivity contribution in [1.82, 2.24) is 0 Å². The molecule has 4 N–H and O–H groups in total. The molecule has 0 amide bonds. The summed E-state index contributed by atoms with van der Waals surface area (Å²) in [5, 5.41) is 50.9. The third-order valence-electron chi connectivity index (χ3n) is 9.79. The smallest absolute Gasteiger partial charge is 0.144 e. The Morgan fingerprint density at radius 2 is 0.580 bits per heavy atom. The normalized spacial score (nSPS) is 12.6. The second-order valence-electron chi connectivity index (χ2n) is 15.2. The Morgan fingerprint density at radius 3 is 0.800 bits per heavy atom. The average Bonchev–Trinajstić information content (AvgIpc) is 3.12. The number of aliphatic hydroxyl groups is 2. The van der Waals surface area contributed by atoms with E-state index < -0.39 is 22.0 Å². The van der Waals surface area contributed by atoms with Gasteiger partial charge in [-0.1, -0.05) is 163 Å². The van der Waals surface area contributed by atoms with Gasteiger partial charge in [0.25, 0.3) is 0 Å². The molecule has 0 heterocycles. The van der Waals surface area contributed by atoms with E-state index in [0.717, 1.165) is 11.1 Å². The zero-order valence-corrected chi connectivity index (χ0v) is 29.6. The lowest BCUT2D eigenvalue weighted by molar-refractivity contribution is 0.121. The monoisotopic (exact) mass is 662 g/mol. The molecule has 0 radical (unpaired) electrons. The lowest BCUT2D eigenvalue weighted by Gasteiger charge is -2.35. The van der Waals surface area contributed by atoms with Crippen LogP contribution in [0, 0.1) is 0 Å². The van der Waals surface area contributed by atoms with Gasteiger partial charge in [-0.05, 0) is 68.5 Å². The molecule has 6 aromatic rings. The number of aromatic hydroxyl groups is 2. The van der Waals surface area contributed by atoms with Gasteiger partial charge in [-0.3, -0.25) is 0 Å². The summed E-state index contributed by atoms with van der Waals surface area (Å²) in [6, 6.07) is 44.9. The molecule has 0 aliphatic heterocycles. The zero-order chi connectivity index (χ0) is 35.9. The van der Waals surface area contributed by atoms with Gasteiger partial charge in [0, 0.05) is 22.3 Å². The fraction of sp³-hybridized carbons (Fsp3) is 0.217. The first-order chi connectivity index (χ1) is 23.7. The predicted molar refractivity (Wildman–Crippen MR) is 203 cm³/mol. The Bertz CT molecular complexity index is 1860. The summed E-state index contributed by atoms with van der Waals surface area (Å²) in [5.41, 5.74) is 1.09. The molecule has 6 rings (SSSR count). The number of phenolic OH excluding ortho intramolecular Hbond substituents is 2. The number of phenols is 2. The highest BCUT2D eigenvalue weighted by Crippen LogP contribution is 2.52. The average molecular weight is 663 g/mol. The second-order valence-corrected chi connectivity index (χ2v) is 15.2. The van der Waals surface area contributed by atoms with Crippen molar-refractivity contribution in [1.29, 1.82) is 0 Å². The van der Waals surface area contributed by atoms with Gasteiger partial charge in [-0.2, -0.15) is 0 Å². The summed E-state index contributed by atoms with van der Waals surface area (Å²) in [6.07, 6.45) is 0. The van der Waals surface area contributed by atoms with Gasteiger partial charge >= 0.3 is 0 Å². The van der Waals surface area contributed by atoms with Crippen LogP contribution in [0.3, 0.4) is 0 Å². The van der Waals surface area contributed by atoms with Crippen LogP contribution in [0.25, 0.3) is 11.1 Å². The van der Waals surface area contributed by atoms with E-state index >= 15 is 0 Å². The zero-order valence-electron chi connectivity index (χ0n) is 29.6. The molecule has 0 spiro atoms. The Morgan fingerprint density at radius 1 is 0.340 bits per heavy atom. The van der Waals surface area contributed by atoms with Gasteiger partial charge in [0.15, 0.2) is 0 Å². The van der Waals surface area contributed by atoms with Gasteiger partial charge in [-0.15, -0.1) is 0 Å². The van der Waals surface area contributed by atoms with E-state index in [-0.39, 0.29) is 11.5 Å². The minimum Gasteiger partial charge on any atom is -0.507 e. The molecule has 0 aromatic heterocycles. The van der Waals surface area contributed by atoms with Crippen LogP contribution in [0.15, 0.2) is 146 Å². The Hall–Kier alpha value is -5.16. The summed E-state index contributed by atoms with van der Waals surface area (Å²) in [6.45, 7) is 12.5. The first-order valence-electron chi connectivity index (χ1n) is 17.1. The molecule has 0 unspecified atom stereocenters. The SMILES string of the molecule is CC(C)(C)c1cc(-c2cc(C(C)(C)C)cc(C(O)(c3ccccc3)c3ccccc3)c2O)c(O)c(C(O)(c2ccccc2)c2ccccc2)c1. The summed E-state index contributed by atoms with van der Waals surface area (Å²) >= 11 is 0. The summed E-state index contributed by atoms with van der Waals surface area (Å²) in [7, 11) is 0. The first kappa shape index (κ1) is 34.7. The maximum atomic E-state index is 12.9. The molecule has 0 bridgehead atoms. The van der Waals surface area contributed by atoms with Crippen LogP contribution in [-0.2, 0) is 22.0 Å². The van der Waals surface area contributed by atoms with Crippen LogP contribution in [0.2, 0.25) is 0 Å². The lowest BCUT2D eigenvalue weighted by Crippen LogP contribution is -2.30. The summed E-state index contributed by atoms with van der Waals surface area (Å²) in [5.74, 6) is -0.327. The minimum atomic E-state index is -1.74. The molecular formula is C46H46O4. The third-order valence-corrected chi connectivity index (χ3v) is 9.79. The van der Waals surface area contributed by atoms with Crippen LogP contribution >= 0.6 is 0 Å². The highest BCUT2D eigenvalue weighted by Gasteiger charge is 2.41. The predicted octanol–water partition coefficient (Wildman–Crippen LogP) is 9.93. The van der Waals surface area contributed by atoms with Gasteiger partial charge in [0.2, 0.25) is 0 Å². The molecule has 0 aliphatic carbocycles. The van der Waals surface area contributed by atoms with E-state index in [9.17, 15) is 20.4 Å². The Balaban J connectivity index is 1.74. The van der Waals surface area contributed by atoms with Crippen molar-refractivity contribution in [3.63, 3.8) is 0 Å². The molecule has 4 heteroatoms. The van der Waals surface area contributed by atoms with Gasteiger partial charge in [0.1, 0.15) is 22.7 Å². The van der Waals surface area contributed by atoms with E-state index in [2.05, 4.69) is 41.5 Å². The van der Waals surface area contributed by atoms with E-state index in [1.807, 2.05) is 146 Å². The molecule has 0 saturated heterocycles. The van der Waals surface area contributed by atoms with E-state index in [0.29, 0.717) is 44.5 Å². The van der Waals surface area contributed by atoms with Gasteiger partial charge < -0.3 is 20.4 Å². The van der Waals surface area contributed by atoms with Crippen molar-refractivity contribution >= 4 is 0 Å². The minimum absolute atomic E-state index is 0.163. The van der Waals surface area contributed by atoms with Crippen molar-refractivity contribution in [3.05, 3.63) is 190 Å². The fourth-order valence-electron chi connectivity index (χ4n) is 6.77. The highest BCUT2D eigenvalue weighted by atomic mass is 16.3. The lowest BCUT2D eigenvalue weighted by atomic mass is 9.73. The molecule has 0 saturated carbocycles. The fourth-order valence-corrected chi connectivity index (χ4v) is 6.77. The van der Waals surface area contributed by atoms with Crippen LogP contribution in [0.5, 0.6) is 11.5 Å².